The number of rotatable bonds is 5. The maximum atomic E-state index is 13.7. The minimum absolute atomic E-state index is 0.0392. The molecule has 0 saturated carbocycles. The molecule has 2 aromatic carbocycles. The van der Waals surface area contributed by atoms with Crippen molar-refractivity contribution < 1.29 is 19.0 Å². The van der Waals surface area contributed by atoms with Gasteiger partial charge in [0.15, 0.2) is 0 Å². The molecular weight excluding hydrogens is 307 g/mol. The molecule has 0 unspecified atom stereocenters. The first kappa shape index (κ1) is 16.0. The van der Waals surface area contributed by atoms with Gasteiger partial charge in [0.25, 0.3) is 0 Å². The molecule has 3 nitrogen and oxygen atoms in total. The van der Waals surface area contributed by atoms with E-state index in [0.29, 0.717) is 11.3 Å². The zero-order valence-corrected chi connectivity index (χ0v) is 12.6. The van der Waals surface area contributed by atoms with Crippen LogP contribution in [0.3, 0.4) is 0 Å². The van der Waals surface area contributed by atoms with E-state index >= 15 is 0 Å². The van der Waals surface area contributed by atoms with Crippen molar-refractivity contribution in [2.24, 2.45) is 0 Å². The van der Waals surface area contributed by atoms with E-state index < -0.39 is 11.8 Å². The summed E-state index contributed by atoms with van der Waals surface area (Å²) in [6, 6.07) is 11.4. The topological polar surface area (TPSA) is 46.5 Å². The summed E-state index contributed by atoms with van der Waals surface area (Å²) in [6.07, 6.45) is 1.50. The summed E-state index contributed by atoms with van der Waals surface area (Å²) in [5, 5.41) is 9.23. The van der Waals surface area contributed by atoms with Gasteiger partial charge in [0.1, 0.15) is 18.2 Å². The largest absolute Gasteiger partial charge is 0.488 e. The molecule has 0 bridgehead atoms. The molecule has 0 aliphatic rings. The second-order valence-electron chi connectivity index (χ2n) is 4.66. The average molecular weight is 321 g/mol. The first-order valence-electron chi connectivity index (χ1n) is 6.55. The fraction of sp³-hybridized carbons (Fsp3) is 0.118. The van der Waals surface area contributed by atoms with Gasteiger partial charge in [0.2, 0.25) is 0 Å². The van der Waals surface area contributed by atoms with Crippen LogP contribution in [0.2, 0.25) is 5.02 Å². The lowest BCUT2D eigenvalue weighted by atomic mass is 10.1. The Morgan fingerprint density at radius 3 is 2.68 bits per heavy atom. The van der Waals surface area contributed by atoms with Crippen LogP contribution in [-0.2, 0) is 11.4 Å². The highest BCUT2D eigenvalue weighted by Gasteiger charge is 2.09. The number of hydrogen-bond donors (Lipinski definition) is 1. The standard InChI is InChI=1S/C17H14ClFO3/c1-11(17(20)21)9-12-5-2-3-8-16(12)22-10-13-14(18)6-4-7-15(13)19/h2-9H,10H2,1H3,(H,20,21)/b11-9+. The van der Waals surface area contributed by atoms with Crippen molar-refractivity contribution >= 4 is 23.6 Å². The molecule has 1 N–H and O–H groups in total. The van der Waals surface area contributed by atoms with Gasteiger partial charge < -0.3 is 9.84 Å². The molecule has 0 saturated heterocycles. The van der Waals surface area contributed by atoms with Gasteiger partial charge in [-0.2, -0.15) is 0 Å². The molecule has 0 fully saturated rings. The van der Waals surface area contributed by atoms with Gasteiger partial charge in [-0.3, -0.25) is 0 Å². The van der Waals surface area contributed by atoms with E-state index in [9.17, 15) is 9.18 Å². The van der Waals surface area contributed by atoms with Gasteiger partial charge in [-0.05, 0) is 31.2 Å². The predicted molar refractivity (Wildman–Crippen MR) is 83.5 cm³/mol. The second kappa shape index (κ2) is 7.09. The Morgan fingerprint density at radius 2 is 2.00 bits per heavy atom. The van der Waals surface area contributed by atoms with E-state index in [0.717, 1.165) is 0 Å². The minimum atomic E-state index is -1.01. The summed E-state index contributed by atoms with van der Waals surface area (Å²) < 4.78 is 19.3. The van der Waals surface area contributed by atoms with E-state index in [1.807, 2.05) is 0 Å². The highest BCUT2D eigenvalue weighted by atomic mass is 35.5. The number of hydrogen-bond acceptors (Lipinski definition) is 2. The molecule has 0 amide bonds. The first-order chi connectivity index (χ1) is 10.5. The van der Waals surface area contributed by atoms with Crippen LogP contribution in [0.5, 0.6) is 5.75 Å². The Kier molecular flexibility index (Phi) is 5.17. The van der Waals surface area contributed by atoms with Gasteiger partial charge in [-0.25, -0.2) is 9.18 Å². The SMILES string of the molecule is C/C(=C\c1ccccc1OCc1c(F)cccc1Cl)C(=O)O. The number of para-hydroxylation sites is 1. The molecule has 0 radical (unpaired) electrons. The smallest absolute Gasteiger partial charge is 0.331 e. The molecule has 0 spiro atoms. The zero-order valence-electron chi connectivity index (χ0n) is 11.8. The summed E-state index contributed by atoms with van der Waals surface area (Å²) in [4.78, 5) is 10.9. The second-order valence-corrected chi connectivity index (χ2v) is 5.07. The van der Waals surface area contributed by atoms with Crippen molar-refractivity contribution in [2.45, 2.75) is 13.5 Å². The Bertz CT molecular complexity index is 705. The fourth-order valence-electron chi connectivity index (χ4n) is 1.85. The Hall–Kier alpha value is -2.33. The normalized spacial score (nSPS) is 11.3. The Labute approximate surface area is 132 Å². The number of carboxylic acid groups (broad SMARTS) is 1. The molecule has 114 valence electrons. The number of benzene rings is 2. The van der Waals surface area contributed by atoms with Crippen molar-refractivity contribution in [1.82, 2.24) is 0 Å². The maximum absolute atomic E-state index is 13.7. The van der Waals surface area contributed by atoms with Gasteiger partial charge in [0.05, 0.1) is 5.02 Å². The molecule has 5 heteroatoms. The highest BCUT2D eigenvalue weighted by molar-refractivity contribution is 6.31. The van der Waals surface area contributed by atoms with Crippen molar-refractivity contribution in [1.29, 1.82) is 0 Å². The lowest BCUT2D eigenvalue weighted by Crippen LogP contribution is -2.01. The highest BCUT2D eigenvalue weighted by Crippen LogP contribution is 2.25. The lowest BCUT2D eigenvalue weighted by molar-refractivity contribution is -0.132. The monoisotopic (exact) mass is 320 g/mol. The van der Waals surface area contributed by atoms with Crippen molar-refractivity contribution in [3.8, 4) is 5.75 Å². The number of aliphatic carboxylic acids is 1. The molecule has 22 heavy (non-hydrogen) atoms. The van der Waals surface area contributed by atoms with Crippen LogP contribution >= 0.6 is 11.6 Å². The van der Waals surface area contributed by atoms with Crippen LogP contribution in [0, 0.1) is 5.82 Å². The van der Waals surface area contributed by atoms with E-state index in [1.54, 1.807) is 30.3 Å². The third-order valence-electron chi connectivity index (χ3n) is 3.06. The average Bonchev–Trinajstić information content (AvgIpc) is 2.48. The van der Waals surface area contributed by atoms with E-state index in [4.69, 9.17) is 21.4 Å². The summed E-state index contributed by atoms with van der Waals surface area (Å²) in [5.74, 6) is -0.989. The number of carbonyl (C=O) groups is 1. The van der Waals surface area contributed by atoms with Crippen LogP contribution in [0.1, 0.15) is 18.1 Å². The van der Waals surface area contributed by atoms with Crippen LogP contribution in [0.15, 0.2) is 48.0 Å². The van der Waals surface area contributed by atoms with Crippen molar-refractivity contribution in [3.05, 3.63) is 70.0 Å². The number of ether oxygens (including phenoxy) is 1. The van der Waals surface area contributed by atoms with E-state index in [1.165, 1.54) is 25.1 Å². The summed E-state index contributed by atoms with van der Waals surface area (Å²) >= 11 is 5.95. The predicted octanol–water partition coefficient (Wildman–Crippen LogP) is 4.55. The van der Waals surface area contributed by atoms with Gasteiger partial charge in [0, 0.05) is 16.7 Å². The molecule has 0 atom stereocenters. The zero-order chi connectivity index (χ0) is 16.1. The molecule has 0 aliphatic carbocycles. The third kappa shape index (κ3) is 3.86. The Morgan fingerprint density at radius 1 is 1.27 bits per heavy atom. The first-order valence-corrected chi connectivity index (χ1v) is 6.93. The van der Waals surface area contributed by atoms with Gasteiger partial charge in [-0.1, -0.05) is 35.9 Å². The van der Waals surface area contributed by atoms with E-state index in [-0.39, 0.29) is 22.8 Å². The fourth-order valence-corrected chi connectivity index (χ4v) is 2.06. The van der Waals surface area contributed by atoms with Gasteiger partial charge in [-0.15, -0.1) is 0 Å². The molecular formula is C17H14ClFO3. The van der Waals surface area contributed by atoms with E-state index in [2.05, 4.69) is 0 Å². The van der Waals surface area contributed by atoms with Crippen molar-refractivity contribution in [2.75, 3.05) is 0 Å². The van der Waals surface area contributed by atoms with Crippen LogP contribution in [-0.4, -0.2) is 11.1 Å². The molecule has 0 aliphatic heterocycles. The lowest BCUT2D eigenvalue weighted by Gasteiger charge is -2.11. The quantitative estimate of drug-likeness (QED) is 0.822. The molecule has 0 heterocycles. The third-order valence-corrected chi connectivity index (χ3v) is 3.42. The Balaban J connectivity index is 2.24. The molecule has 2 aromatic rings. The van der Waals surface area contributed by atoms with Crippen LogP contribution in [0.25, 0.3) is 6.08 Å². The van der Waals surface area contributed by atoms with Crippen LogP contribution in [0.4, 0.5) is 4.39 Å². The maximum Gasteiger partial charge on any atom is 0.331 e. The van der Waals surface area contributed by atoms with Crippen molar-refractivity contribution in [3.63, 3.8) is 0 Å². The number of carboxylic acids is 1. The molecule has 0 aromatic heterocycles. The summed E-state index contributed by atoms with van der Waals surface area (Å²) in [7, 11) is 0. The summed E-state index contributed by atoms with van der Waals surface area (Å²) in [5.41, 5.74) is 1.05. The molecule has 2 rings (SSSR count). The van der Waals surface area contributed by atoms with Crippen LogP contribution < -0.4 is 4.74 Å². The minimum Gasteiger partial charge on any atom is -0.488 e. The van der Waals surface area contributed by atoms with Gasteiger partial charge >= 0.3 is 5.97 Å². The number of halogens is 2. The summed E-state index contributed by atoms with van der Waals surface area (Å²) in [6.45, 7) is 1.45.